The van der Waals surface area contributed by atoms with Crippen molar-refractivity contribution in [3.05, 3.63) is 84.4 Å². The lowest BCUT2D eigenvalue weighted by atomic mass is 10.2. The summed E-state index contributed by atoms with van der Waals surface area (Å²) in [5.41, 5.74) is 3.55. The lowest BCUT2D eigenvalue weighted by molar-refractivity contribution is 0.217. The molecule has 0 bridgehead atoms. The summed E-state index contributed by atoms with van der Waals surface area (Å²) in [6.45, 7) is 8.18. The summed E-state index contributed by atoms with van der Waals surface area (Å²) in [6, 6.07) is 26.6. The summed E-state index contributed by atoms with van der Waals surface area (Å²) in [5.74, 6) is 1.72. The van der Waals surface area contributed by atoms with E-state index in [0.717, 1.165) is 36.8 Å². The molecule has 0 aliphatic rings. The molecule has 29 heavy (non-hydrogen) atoms. The van der Waals surface area contributed by atoms with Gasteiger partial charge >= 0.3 is 0 Å². The van der Waals surface area contributed by atoms with Gasteiger partial charge in [-0.2, -0.15) is 0 Å². The van der Waals surface area contributed by atoms with Gasteiger partial charge in [0, 0.05) is 31.0 Å². The summed E-state index contributed by atoms with van der Waals surface area (Å²) in [5, 5.41) is 3.48. The molecule has 3 rings (SSSR count). The predicted molar refractivity (Wildman–Crippen MR) is 121 cm³/mol. The Morgan fingerprint density at radius 2 is 1.38 bits per heavy atom. The highest BCUT2D eigenvalue weighted by atomic mass is 16.5. The molecular weight excluding hydrogens is 360 g/mol. The van der Waals surface area contributed by atoms with E-state index in [9.17, 15) is 0 Å². The van der Waals surface area contributed by atoms with Crippen LogP contribution >= 0.6 is 0 Å². The van der Waals surface area contributed by atoms with Crippen LogP contribution in [0.5, 0.6) is 11.5 Å². The average Bonchev–Trinajstić information content (AvgIpc) is 2.78. The number of nitrogens with one attached hydrogen (secondary N) is 1. The highest BCUT2D eigenvalue weighted by molar-refractivity contribution is 5.55. The van der Waals surface area contributed by atoms with Crippen LogP contribution in [0.4, 0.5) is 11.4 Å². The molecule has 0 saturated heterocycles. The molecule has 152 valence electrons. The number of anilines is 2. The van der Waals surface area contributed by atoms with Gasteiger partial charge < -0.3 is 19.7 Å². The minimum absolute atomic E-state index is 0.512. The first kappa shape index (κ1) is 20.6. The molecule has 4 nitrogen and oxygen atoms in total. The van der Waals surface area contributed by atoms with Gasteiger partial charge in [-0.05, 0) is 67.9 Å². The van der Waals surface area contributed by atoms with Crippen molar-refractivity contribution in [3.63, 3.8) is 0 Å². The van der Waals surface area contributed by atoms with Crippen molar-refractivity contribution in [2.75, 3.05) is 36.5 Å². The molecule has 0 fully saturated rings. The standard InChI is InChI=1S/C25H30N2O2/c1-3-27(4-2)23-15-13-22(14-16-23)26-20-21-9-8-12-25(19-21)29-18-17-28-24-10-6-5-7-11-24/h5-16,19,26H,3-4,17-18,20H2,1-2H3. The largest absolute Gasteiger partial charge is 0.490 e. The number of hydrogen-bond acceptors (Lipinski definition) is 4. The SMILES string of the molecule is CCN(CC)c1ccc(NCc2cccc(OCCOc3ccccc3)c2)cc1. The molecule has 0 aromatic heterocycles. The molecule has 3 aromatic rings. The summed E-state index contributed by atoms with van der Waals surface area (Å²) in [4.78, 5) is 2.34. The van der Waals surface area contributed by atoms with E-state index in [1.165, 1.54) is 11.3 Å². The molecule has 0 saturated carbocycles. The van der Waals surface area contributed by atoms with E-state index < -0.39 is 0 Å². The van der Waals surface area contributed by atoms with Gasteiger partial charge in [0.1, 0.15) is 24.7 Å². The van der Waals surface area contributed by atoms with Gasteiger partial charge in [0.15, 0.2) is 0 Å². The van der Waals surface area contributed by atoms with E-state index in [4.69, 9.17) is 9.47 Å². The van der Waals surface area contributed by atoms with Gasteiger partial charge in [-0.1, -0.05) is 30.3 Å². The number of para-hydroxylation sites is 1. The Balaban J connectivity index is 1.45. The van der Waals surface area contributed by atoms with E-state index in [2.05, 4.69) is 60.5 Å². The summed E-state index contributed by atoms with van der Waals surface area (Å²) in [6.07, 6.45) is 0. The van der Waals surface area contributed by atoms with Crippen LogP contribution in [0.15, 0.2) is 78.9 Å². The highest BCUT2D eigenvalue weighted by Crippen LogP contribution is 2.19. The lowest BCUT2D eigenvalue weighted by Crippen LogP contribution is -2.21. The second kappa shape index (κ2) is 11.0. The van der Waals surface area contributed by atoms with Crippen LogP contribution in [0.3, 0.4) is 0 Å². The predicted octanol–water partition coefficient (Wildman–Crippen LogP) is 5.60. The van der Waals surface area contributed by atoms with Crippen LogP contribution in [0, 0.1) is 0 Å². The monoisotopic (exact) mass is 390 g/mol. The molecule has 3 aromatic carbocycles. The van der Waals surface area contributed by atoms with Crippen LogP contribution in [0.1, 0.15) is 19.4 Å². The number of benzene rings is 3. The maximum Gasteiger partial charge on any atom is 0.122 e. The van der Waals surface area contributed by atoms with Crippen LogP contribution in [0.2, 0.25) is 0 Å². The highest BCUT2D eigenvalue weighted by Gasteiger charge is 2.02. The average molecular weight is 391 g/mol. The van der Waals surface area contributed by atoms with E-state index in [-0.39, 0.29) is 0 Å². The summed E-state index contributed by atoms with van der Waals surface area (Å²) >= 11 is 0. The smallest absolute Gasteiger partial charge is 0.122 e. The summed E-state index contributed by atoms with van der Waals surface area (Å²) in [7, 11) is 0. The van der Waals surface area contributed by atoms with Crippen LogP contribution in [-0.4, -0.2) is 26.3 Å². The number of hydrogen-bond donors (Lipinski definition) is 1. The first-order valence-corrected chi connectivity index (χ1v) is 10.3. The molecule has 1 N–H and O–H groups in total. The van der Waals surface area contributed by atoms with E-state index in [1.807, 2.05) is 42.5 Å². The Labute approximate surface area is 174 Å². The molecule has 4 heteroatoms. The summed E-state index contributed by atoms with van der Waals surface area (Å²) < 4.78 is 11.5. The first-order valence-electron chi connectivity index (χ1n) is 10.3. The number of nitrogens with zero attached hydrogens (tertiary/aromatic N) is 1. The Bertz CT molecular complexity index is 846. The third kappa shape index (κ3) is 6.46. The van der Waals surface area contributed by atoms with Gasteiger partial charge in [-0.25, -0.2) is 0 Å². The number of ether oxygens (including phenoxy) is 2. The number of rotatable bonds is 11. The second-order valence-corrected chi connectivity index (χ2v) is 6.73. The van der Waals surface area contributed by atoms with E-state index >= 15 is 0 Å². The van der Waals surface area contributed by atoms with Crippen molar-refractivity contribution in [2.45, 2.75) is 20.4 Å². The van der Waals surface area contributed by atoms with Crippen LogP contribution < -0.4 is 19.7 Å². The molecule has 0 unspecified atom stereocenters. The lowest BCUT2D eigenvalue weighted by Gasteiger charge is -2.21. The van der Waals surface area contributed by atoms with Crippen molar-refractivity contribution in [3.8, 4) is 11.5 Å². The molecule has 0 aliphatic carbocycles. The molecule has 0 amide bonds. The fourth-order valence-corrected chi connectivity index (χ4v) is 3.16. The van der Waals surface area contributed by atoms with Crippen molar-refractivity contribution < 1.29 is 9.47 Å². The molecule has 0 atom stereocenters. The Kier molecular flexibility index (Phi) is 7.81. The fraction of sp³-hybridized carbons (Fsp3) is 0.280. The molecule has 0 heterocycles. The minimum Gasteiger partial charge on any atom is -0.490 e. The zero-order chi connectivity index (χ0) is 20.3. The van der Waals surface area contributed by atoms with Crippen LogP contribution in [0.25, 0.3) is 0 Å². The van der Waals surface area contributed by atoms with Gasteiger partial charge in [0.25, 0.3) is 0 Å². The molecule has 0 spiro atoms. The first-order chi connectivity index (χ1) is 14.3. The van der Waals surface area contributed by atoms with Crippen molar-refractivity contribution in [1.82, 2.24) is 0 Å². The molecular formula is C25H30N2O2. The zero-order valence-electron chi connectivity index (χ0n) is 17.3. The molecule has 0 radical (unpaired) electrons. The topological polar surface area (TPSA) is 33.7 Å². The maximum absolute atomic E-state index is 5.83. The Morgan fingerprint density at radius 3 is 2.07 bits per heavy atom. The van der Waals surface area contributed by atoms with Gasteiger partial charge in [-0.3, -0.25) is 0 Å². The van der Waals surface area contributed by atoms with E-state index in [0.29, 0.717) is 13.2 Å². The van der Waals surface area contributed by atoms with Gasteiger partial charge in [0.2, 0.25) is 0 Å². The van der Waals surface area contributed by atoms with E-state index in [1.54, 1.807) is 0 Å². The Morgan fingerprint density at radius 1 is 0.724 bits per heavy atom. The van der Waals surface area contributed by atoms with Gasteiger partial charge in [-0.15, -0.1) is 0 Å². The maximum atomic E-state index is 5.83. The van der Waals surface area contributed by atoms with Gasteiger partial charge in [0.05, 0.1) is 0 Å². The fourth-order valence-electron chi connectivity index (χ4n) is 3.16. The third-order valence-corrected chi connectivity index (χ3v) is 4.75. The minimum atomic E-state index is 0.512. The Hall–Kier alpha value is -3.14. The quantitative estimate of drug-likeness (QED) is 0.432. The normalized spacial score (nSPS) is 10.4. The van der Waals surface area contributed by atoms with Crippen LogP contribution in [-0.2, 0) is 6.54 Å². The third-order valence-electron chi connectivity index (χ3n) is 4.75. The zero-order valence-corrected chi connectivity index (χ0v) is 17.3. The van der Waals surface area contributed by atoms with Crippen molar-refractivity contribution in [2.24, 2.45) is 0 Å². The second-order valence-electron chi connectivity index (χ2n) is 6.73. The molecule has 0 aliphatic heterocycles. The van der Waals surface area contributed by atoms with Crippen molar-refractivity contribution in [1.29, 1.82) is 0 Å². The van der Waals surface area contributed by atoms with Crippen molar-refractivity contribution >= 4 is 11.4 Å².